The van der Waals surface area contributed by atoms with Gasteiger partial charge < -0.3 is 14.4 Å². The van der Waals surface area contributed by atoms with E-state index in [0.717, 1.165) is 53.1 Å². The van der Waals surface area contributed by atoms with Gasteiger partial charge in [0.05, 0.1) is 11.7 Å². The minimum Gasteiger partial charge on any atom is -0.381 e. The number of carbonyl (C=O) groups is 1. The van der Waals surface area contributed by atoms with E-state index in [1.807, 2.05) is 24.3 Å². The second-order valence-corrected chi connectivity index (χ2v) is 8.89. The first-order valence-corrected chi connectivity index (χ1v) is 11.2. The van der Waals surface area contributed by atoms with Crippen LogP contribution in [-0.2, 0) is 25.6 Å². The summed E-state index contributed by atoms with van der Waals surface area (Å²) in [6, 6.07) is 13.1. The number of carbonyl (C=O) groups excluding carboxylic acids is 1. The lowest BCUT2D eigenvalue weighted by atomic mass is 9.78. The van der Waals surface area contributed by atoms with Gasteiger partial charge >= 0.3 is 0 Å². The Kier molecular flexibility index (Phi) is 7.55. The molecule has 1 aliphatic rings. The predicted molar refractivity (Wildman–Crippen MR) is 119 cm³/mol. The third kappa shape index (κ3) is 5.23. The molecule has 0 heterocycles. The standard InChI is InChI=1S/C24H30FNO3S/c1-17(27)26(2)21-7-5-18(6-8-21)16-30-23-14-19(13-20(25)15-23)24(29-4)11-9-22(28-3)10-12-24/h5-8,13-15,22H,9-12,16H2,1-4H3/t22-,24+. The number of nitrogens with zero attached hydrogens (tertiary/aromatic N) is 1. The number of amides is 1. The Hall–Kier alpha value is -1.89. The van der Waals surface area contributed by atoms with Crippen LogP contribution in [0.25, 0.3) is 0 Å². The van der Waals surface area contributed by atoms with Gasteiger partial charge in [-0.05, 0) is 67.1 Å². The summed E-state index contributed by atoms with van der Waals surface area (Å²) in [5.74, 6) is 0.480. The van der Waals surface area contributed by atoms with Crippen molar-refractivity contribution in [3.05, 3.63) is 59.4 Å². The Balaban J connectivity index is 1.72. The summed E-state index contributed by atoms with van der Waals surface area (Å²) in [7, 11) is 5.21. The second kappa shape index (κ2) is 9.94. The van der Waals surface area contributed by atoms with E-state index in [-0.39, 0.29) is 17.8 Å². The molecule has 1 saturated carbocycles. The highest BCUT2D eigenvalue weighted by Crippen LogP contribution is 2.42. The zero-order chi connectivity index (χ0) is 21.7. The van der Waals surface area contributed by atoms with Crippen LogP contribution in [0.1, 0.15) is 43.7 Å². The van der Waals surface area contributed by atoms with E-state index < -0.39 is 5.60 Å². The van der Waals surface area contributed by atoms with Crippen LogP contribution in [0.15, 0.2) is 47.4 Å². The number of halogens is 1. The van der Waals surface area contributed by atoms with Gasteiger partial charge in [0, 0.05) is 44.5 Å². The number of hydrogen-bond acceptors (Lipinski definition) is 4. The van der Waals surface area contributed by atoms with Gasteiger partial charge in [0.2, 0.25) is 5.91 Å². The zero-order valence-corrected chi connectivity index (χ0v) is 18.9. The minimum atomic E-state index is -0.453. The zero-order valence-electron chi connectivity index (χ0n) is 18.1. The van der Waals surface area contributed by atoms with E-state index in [2.05, 4.69) is 6.07 Å². The molecule has 1 aliphatic carbocycles. The summed E-state index contributed by atoms with van der Waals surface area (Å²) < 4.78 is 25.8. The first-order valence-electron chi connectivity index (χ1n) is 10.2. The van der Waals surface area contributed by atoms with Gasteiger partial charge in [0.1, 0.15) is 5.82 Å². The van der Waals surface area contributed by atoms with Crippen molar-refractivity contribution < 1.29 is 18.7 Å². The predicted octanol–water partition coefficient (Wildman–Crippen LogP) is 5.53. The van der Waals surface area contributed by atoms with Crippen molar-refractivity contribution in [1.82, 2.24) is 0 Å². The quantitative estimate of drug-likeness (QED) is 0.540. The number of hydrogen-bond donors (Lipinski definition) is 0. The Morgan fingerprint density at radius 1 is 1.17 bits per heavy atom. The van der Waals surface area contributed by atoms with Gasteiger partial charge in [0.25, 0.3) is 0 Å². The molecule has 0 bridgehead atoms. The first kappa shape index (κ1) is 22.8. The second-order valence-electron chi connectivity index (χ2n) is 7.84. The summed E-state index contributed by atoms with van der Waals surface area (Å²) >= 11 is 1.60. The molecule has 1 fully saturated rings. The van der Waals surface area contributed by atoms with Crippen molar-refractivity contribution >= 4 is 23.4 Å². The molecule has 0 spiro atoms. The normalized spacial score (nSPS) is 21.4. The van der Waals surface area contributed by atoms with Crippen LogP contribution in [0.3, 0.4) is 0 Å². The lowest BCUT2D eigenvalue weighted by Crippen LogP contribution is -2.36. The highest BCUT2D eigenvalue weighted by molar-refractivity contribution is 7.98. The number of thioether (sulfide) groups is 1. The van der Waals surface area contributed by atoms with E-state index >= 15 is 0 Å². The van der Waals surface area contributed by atoms with Crippen LogP contribution < -0.4 is 4.90 Å². The van der Waals surface area contributed by atoms with Gasteiger partial charge in [0.15, 0.2) is 0 Å². The number of methoxy groups -OCH3 is 2. The SMILES string of the molecule is CO[C@H]1CC[C@](OC)(c2cc(F)cc(SCc3ccc(N(C)C(C)=O)cc3)c2)CC1. The summed E-state index contributed by atoms with van der Waals surface area (Å²) in [5, 5.41) is 0. The molecule has 162 valence electrons. The van der Waals surface area contributed by atoms with Crippen LogP contribution >= 0.6 is 11.8 Å². The summed E-state index contributed by atoms with van der Waals surface area (Å²) in [5.41, 5.74) is 2.43. The van der Waals surface area contributed by atoms with Crippen LogP contribution in [0, 0.1) is 5.82 Å². The Labute approximate surface area is 182 Å². The smallest absolute Gasteiger partial charge is 0.223 e. The highest BCUT2D eigenvalue weighted by atomic mass is 32.2. The molecule has 3 rings (SSSR count). The average molecular weight is 432 g/mol. The minimum absolute atomic E-state index is 0.00369. The van der Waals surface area contributed by atoms with Crippen molar-refractivity contribution in [1.29, 1.82) is 0 Å². The van der Waals surface area contributed by atoms with E-state index in [1.54, 1.807) is 57.0 Å². The van der Waals surface area contributed by atoms with Gasteiger partial charge in [-0.25, -0.2) is 4.39 Å². The van der Waals surface area contributed by atoms with Crippen LogP contribution in [0.4, 0.5) is 10.1 Å². The van der Waals surface area contributed by atoms with Crippen molar-refractivity contribution in [3.63, 3.8) is 0 Å². The lowest BCUT2D eigenvalue weighted by Gasteiger charge is -2.39. The highest BCUT2D eigenvalue weighted by Gasteiger charge is 2.37. The van der Waals surface area contributed by atoms with E-state index in [9.17, 15) is 9.18 Å². The topological polar surface area (TPSA) is 38.8 Å². The molecular weight excluding hydrogens is 401 g/mol. The van der Waals surface area contributed by atoms with Gasteiger partial charge in [-0.3, -0.25) is 4.79 Å². The fraction of sp³-hybridized carbons (Fsp3) is 0.458. The molecule has 6 heteroatoms. The fourth-order valence-electron chi connectivity index (χ4n) is 3.98. The average Bonchev–Trinajstić information content (AvgIpc) is 2.77. The van der Waals surface area contributed by atoms with Crippen molar-refractivity contribution in [2.24, 2.45) is 0 Å². The molecule has 2 aromatic carbocycles. The maximum absolute atomic E-state index is 14.4. The fourth-order valence-corrected chi connectivity index (χ4v) is 4.91. The molecule has 0 N–H and O–H groups in total. The summed E-state index contributed by atoms with van der Waals surface area (Å²) in [4.78, 5) is 14.0. The van der Waals surface area contributed by atoms with Crippen molar-refractivity contribution in [2.45, 2.75) is 55.0 Å². The first-order chi connectivity index (χ1) is 14.4. The number of anilines is 1. The van der Waals surface area contributed by atoms with Crippen LogP contribution in [0.5, 0.6) is 0 Å². The van der Waals surface area contributed by atoms with Crippen molar-refractivity contribution in [2.75, 3.05) is 26.2 Å². The molecule has 0 aliphatic heterocycles. The van der Waals surface area contributed by atoms with Gasteiger partial charge in [-0.15, -0.1) is 11.8 Å². The van der Waals surface area contributed by atoms with Gasteiger partial charge in [-0.2, -0.15) is 0 Å². The Morgan fingerprint density at radius 2 is 1.83 bits per heavy atom. The largest absolute Gasteiger partial charge is 0.381 e. The monoisotopic (exact) mass is 431 g/mol. The number of benzene rings is 2. The summed E-state index contributed by atoms with van der Waals surface area (Å²) in [6.07, 6.45) is 3.71. The van der Waals surface area contributed by atoms with E-state index in [4.69, 9.17) is 9.47 Å². The molecule has 0 saturated heterocycles. The number of ether oxygens (including phenoxy) is 2. The van der Waals surface area contributed by atoms with Crippen molar-refractivity contribution in [3.8, 4) is 0 Å². The molecule has 2 aromatic rings. The van der Waals surface area contributed by atoms with Crippen LogP contribution in [0.2, 0.25) is 0 Å². The third-order valence-electron chi connectivity index (χ3n) is 6.06. The molecule has 1 amide bonds. The molecule has 0 unspecified atom stereocenters. The Morgan fingerprint density at radius 3 is 2.40 bits per heavy atom. The molecule has 0 atom stereocenters. The molecule has 4 nitrogen and oxygen atoms in total. The summed E-state index contributed by atoms with van der Waals surface area (Å²) in [6.45, 7) is 1.54. The molecule has 30 heavy (non-hydrogen) atoms. The van der Waals surface area contributed by atoms with E-state index in [1.165, 1.54) is 0 Å². The molecule has 0 radical (unpaired) electrons. The lowest BCUT2D eigenvalue weighted by molar-refractivity contribution is -0.116. The maximum Gasteiger partial charge on any atom is 0.223 e. The van der Waals surface area contributed by atoms with Gasteiger partial charge in [-0.1, -0.05) is 12.1 Å². The number of rotatable bonds is 7. The Bertz CT molecular complexity index is 863. The maximum atomic E-state index is 14.4. The molecular formula is C24H30FNO3S. The van der Waals surface area contributed by atoms with E-state index in [0.29, 0.717) is 0 Å². The van der Waals surface area contributed by atoms with Crippen LogP contribution in [-0.4, -0.2) is 33.3 Å². The third-order valence-corrected chi connectivity index (χ3v) is 7.11. The molecule has 0 aromatic heterocycles.